The van der Waals surface area contributed by atoms with Crippen molar-refractivity contribution in [1.82, 2.24) is 29.5 Å². The molecule has 0 amide bonds. The van der Waals surface area contributed by atoms with Crippen LogP contribution in [0.3, 0.4) is 0 Å². The molecular formula is C20H27N9O. The molecule has 4 heterocycles. The quantitative estimate of drug-likeness (QED) is 0.690. The monoisotopic (exact) mass is 409 g/mol. The van der Waals surface area contributed by atoms with Crippen LogP contribution in [0.2, 0.25) is 0 Å². The SMILES string of the molecule is CN(C)c1nc2c(-c3cnc(N)nc3)nc(N3CCOCC3)nc2n1C1CCCC1. The number of hydrogen-bond acceptors (Lipinski definition) is 9. The van der Waals surface area contributed by atoms with Gasteiger partial charge in [-0.25, -0.2) is 19.9 Å². The molecule has 0 spiro atoms. The fourth-order valence-electron chi connectivity index (χ4n) is 4.33. The highest BCUT2D eigenvalue weighted by Gasteiger charge is 2.28. The lowest BCUT2D eigenvalue weighted by molar-refractivity contribution is 0.122. The average molecular weight is 409 g/mol. The van der Waals surface area contributed by atoms with Crippen molar-refractivity contribution in [3.63, 3.8) is 0 Å². The van der Waals surface area contributed by atoms with Gasteiger partial charge in [-0.3, -0.25) is 4.57 Å². The van der Waals surface area contributed by atoms with Gasteiger partial charge in [-0.05, 0) is 12.8 Å². The Balaban J connectivity index is 1.75. The van der Waals surface area contributed by atoms with Crippen LogP contribution in [0, 0.1) is 0 Å². The highest BCUT2D eigenvalue weighted by molar-refractivity contribution is 5.90. The normalized spacial score (nSPS) is 17.7. The van der Waals surface area contributed by atoms with E-state index in [1.54, 1.807) is 12.4 Å². The van der Waals surface area contributed by atoms with Gasteiger partial charge in [0.25, 0.3) is 0 Å². The van der Waals surface area contributed by atoms with E-state index in [0.717, 1.165) is 54.3 Å². The number of ether oxygens (including phenoxy) is 1. The third-order valence-electron chi connectivity index (χ3n) is 5.84. The van der Waals surface area contributed by atoms with Crippen molar-refractivity contribution in [2.24, 2.45) is 0 Å². The Bertz CT molecular complexity index is 1030. The number of morpholine rings is 1. The molecule has 3 aromatic rings. The number of nitrogens with zero attached hydrogens (tertiary/aromatic N) is 8. The number of nitrogen functional groups attached to an aromatic ring is 1. The summed E-state index contributed by atoms with van der Waals surface area (Å²) in [5, 5.41) is 0. The van der Waals surface area contributed by atoms with E-state index in [9.17, 15) is 0 Å². The molecule has 30 heavy (non-hydrogen) atoms. The van der Waals surface area contributed by atoms with E-state index in [1.165, 1.54) is 12.8 Å². The molecule has 2 aliphatic rings. The summed E-state index contributed by atoms with van der Waals surface area (Å²) in [5.74, 6) is 1.84. The first-order valence-corrected chi connectivity index (χ1v) is 10.5. The molecule has 158 valence electrons. The topological polar surface area (TPSA) is 111 Å². The predicted molar refractivity (Wildman–Crippen MR) is 116 cm³/mol. The molecule has 10 nitrogen and oxygen atoms in total. The zero-order chi connectivity index (χ0) is 20.7. The molecule has 1 saturated heterocycles. The molecule has 1 aliphatic carbocycles. The first-order chi connectivity index (χ1) is 14.6. The van der Waals surface area contributed by atoms with Crippen LogP contribution in [0.4, 0.5) is 17.8 Å². The molecule has 0 atom stereocenters. The minimum Gasteiger partial charge on any atom is -0.378 e. The average Bonchev–Trinajstić information content (AvgIpc) is 3.42. The van der Waals surface area contributed by atoms with Gasteiger partial charge >= 0.3 is 0 Å². The van der Waals surface area contributed by atoms with Crippen LogP contribution in [0.25, 0.3) is 22.4 Å². The minimum atomic E-state index is 0.239. The zero-order valence-electron chi connectivity index (χ0n) is 17.5. The van der Waals surface area contributed by atoms with E-state index < -0.39 is 0 Å². The van der Waals surface area contributed by atoms with Gasteiger partial charge in [-0.2, -0.15) is 4.98 Å². The summed E-state index contributed by atoms with van der Waals surface area (Å²) in [5.41, 5.74) is 8.88. The van der Waals surface area contributed by atoms with Crippen molar-refractivity contribution >= 4 is 29.0 Å². The van der Waals surface area contributed by atoms with E-state index in [-0.39, 0.29) is 5.95 Å². The lowest BCUT2D eigenvalue weighted by Crippen LogP contribution is -2.37. The summed E-state index contributed by atoms with van der Waals surface area (Å²) in [6.45, 7) is 2.88. The summed E-state index contributed by atoms with van der Waals surface area (Å²) in [7, 11) is 4.05. The molecule has 2 N–H and O–H groups in total. The molecule has 1 saturated carbocycles. The number of hydrogen-bond donors (Lipinski definition) is 1. The van der Waals surface area contributed by atoms with Crippen LogP contribution in [0.15, 0.2) is 12.4 Å². The van der Waals surface area contributed by atoms with Crippen LogP contribution in [-0.4, -0.2) is 69.9 Å². The number of anilines is 3. The van der Waals surface area contributed by atoms with E-state index in [1.807, 2.05) is 14.1 Å². The molecule has 2 fully saturated rings. The second kappa shape index (κ2) is 7.67. The van der Waals surface area contributed by atoms with Crippen molar-refractivity contribution in [2.45, 2.75) is 31.7 Å². The molecule has 10 heteroatoms. The van der Waals surface area contributed by atoms with Gasteiger partial charge < -0.3 is 20.3 Å². The first-order valence-electron chi connectivity index (χ1n) is 10.5. The van der Waals surface area contributed by atoms with Gasteiger partial charge in [0.1, 0.15) is 11.2 Å². The Hall–Kier alpha value is -3.01. The van der Waals surface area contributed by atoms with E-state index in [4.69, 9.17) is 25.4 Å². The maximum Gasteiger partial charge on any atom is 0.228 e. The summed E-state index contributed by atoms with van der Waals surface area (Å²) in [6, 6.07) is 0.398. The predicted octanol–water partition coefficient (Wildman–Crippen LogP) is 1.88. The Morgan fingerprint density at radius 3 is 2.40 bits per heavy atom. The van der Waals surface area contributed by atoms with Crippen LogP contribution in [0.5, 0.6) is 0 Å². The van der Waals surface area contributed by atoms with Gasteiger partial charge in [-0.15, -0.1) is 0 Å². The minimum absolute atomic E-state index is 0.239. The molecule has 5 rings (SSSR count). The van der Waals surface area contributed by atoms with E-state index in [0.29, 0.717) is 25.2 Å². The summed E-state index contributed by atoms with van der Waals surface area (Å²) in [6.07, 6.45) is 8.16. The molecule has 0 bridgehead atoms. The molecule has 0 radical (unpaired) electrons. The van der Waals surface area contributed by atoms with Gasteiger partial charge in [0.15, 0.2) is 5.65 Å². The fourth-order valence-corrected chi connectivity index (χ4v) is 4.33. The Morgan fingerprint density at radius 1 is 1.03 bits per heavy atom. The smallest absolute Gasteiger partial charge is 0.228 e. The number of nitrogens with two attached hydrogens (primary N) is 1. The second-order valence-electron chi connectivity index (χ2n) is 8.09. The Morgan fingerprint density at radius 2 is 1.73 bits per heavy atom. The van der Waals surface area contributed by atoms with Crippen LogP contribution in [0.1, 0.15) is 31.7 Å². The lowest BCUT2D eigenvalue weighted by Gasteiger charge is -2.27. The largest absolute Gasteiger partial charge is 0.378 e. The van der Waals surface area contributed by atoms with Crippen molar-refractivity contribution in [3.8, 4) is 11.3 Å². The van der Waals surface area contributed by atoms with Gasteiger partial charge in [-0.1, -0.05) is 12.8 Å². The van der Waals surface area contributed by atoms with Crippen molar-refractivity contribution in [2.75, 3.05) is 55.9 Å². The highest BCUT2D eigenvalue weighted by Crippen LogP contribution is 2.38. The standard InChI is InChI=1S/C20H27N9O/c1-27(2)20-25-16-15(13-11-22-18(21)23-12-13)24-19(28-7-9-30-10-8-28)26-17(16)29(20)14-5-3-4-6-14/h11-12,14H,3-10H2,1-2H3,(H2,21,22,23). The van der Waals surface area contributed by atoms with Gasteiger partial charge in [0.05, 0.1) is 13.2 Å². The van der Waals surface area contributed by atoms with Gasteiger partial charge in [0.2, 0.25) is 17.8 Å². The third kappa shape index (κ3) is 3.30. The number of rotatable bonds is 4. The van der Waals surface area contributed by atoms with E-state index >= 15 is 0 Å². The van der Waals surface area contributed by atoms with E-state index in [2.05, 4.69) is 24.3 Å². The lowest BCUT2D eigenvalue weighted by atomic mass is 10.2. The second-order valence-corrected chi connectivity index (χ2v) is 8.09. The Labute approximate surface area is 175 Å². The fraction of sp³-hybridized carbons (Fsp3) is 0.550. The molecule has 0 unspecified atom stereocenters. The Kier molecular flexibility index (Phi) is 4.86. The summed E-state index contributed by atoms with van der Waals surface area (Å²) in [4.78, 5) is 27.5. The first kappa shape index (κ1) is 19.0. The molecular weight excluding hydrogens is 382 g/mol. The van der Waals surface area contributed by atoms with Crippen LogP contribution < -0.4 is 15.5 Å². The molecule has 3 aromatic heterocycles. The van der Waals surface area contributed by atoms with Gasteiger partial charge in [0, 0.05) is 51.2 Å². The van der Waals surface area contributed by atoms with Crippen LogP contribution in [-0.2, 0) is 4.74 Å². The van der Waals surface area contributed by atoms with Crippen molar-refractivity contribution < 1.29 is 4.74 Å². The maximum atomic E-state index is 5.71. The van der Waals surface area contributed by atoms with Crippen LogP contribution >= 0.6 is 0 Å². The number of aromatic nitrogens is 6. The maximum absolute atomic E-state index is 5.71. The summed E-state index contributed by atoms with van der Waals surface area (Å²) < 4.78 is 7.82. The summed E-state index contributed by atoms with van der Waals surface area (Å²) >= 11 is 0. The van der Waals surface area contributed by atoms with Crippen molar-refractivity contribution in [3.05, 3.63) is 12.4 Å². The highest BCUT2D eigenvalue weighted by atomic mass is 16.5. The third-order valence-corrected chi connectivity index (χ3v) is 5.84. The number of imidazole rings is 1. The van der Waals surface area contributed by atoms with Crippen molar-refractivity contribution in [1.29, 1.82) is 0 Å². The zero-order valence-corrected chi connectivity index (χ0v) is 17.5. The molecule has 1 aliphatic heterocycles. The molecule has 0 aromatic carbocycles. The number of fused-ring (bicyclic) bond motifs is 1.